The quantitative estimate of drug-likeness (QED) is 0.702. The molecule has 1 aromatic carbocycles. The summed E-state index contributed by atoms with van der Waals surface area (Å²) in [6.45, 7) is 1.13. The molecule has 0 saturated heterocycles. The number of aryl methyl sites for hydroxylation is 1. The zero-order valence-corrected chi connectivity index (χ0v) is 17.6. The molecule has 1 aliphatic rings. The molecule has 0 bridgehead atoms. The minimum Gasteiger partial charge on any atom is -0.468 e. The number of carbonyl (C=O) groups excluding carboxylic acids is 1. The summed E-state index contributed by atoms with van der Waals surface area (Å²) in [5.41, 5.74) is 1.09. The zero-order chi connectivity index (χ0) is 21.1. The van der Waals surface area contributed by atoms with Gasteiger partial charge in [-0.05, 0) is 57.3 Å². The first-order valence-corrected chi connectivity index (χ1v) is 10.6. The van der Waals surface area contributed by atoms with Crippen LogP contribution in [0.4, 0.5) is 0 Å². The van der Waals surface area contributed by atoms with Crippen molar-refractivity contribution in [3.05, 3.63) is 64.1 Å². The molecule has 0 saturated carbocycles. The minimum atomic E-state index is -0.191. The van der Waals surface area contributed by atoms with Crippen LogP contribution in [0.25, 0.3) is 10.9 Å². The van der Waals surface area contributed by atoms with Crippen molar-refractivity contribution in [1.82, 2.24) is 19.8 Å². The summed E-state index contributed by atoms with van der Waals surface area (Å²) in [6, 6.07) is 8.83. The number of hydrogen-bond acceptors (Lipinski definition) is 5. The summed E-state index contributed by atoms with van der Waals surface area (Å²) in [6.07, 6.45) is 6.79. The maximum Gasteiger partial charge on any atom is 0.261 e. The van der Waals surface area contributed by atoms with E-state index in [1.165, 1.54) is 6.42 Å². The lowest BCUT2D eigenvalue weighted by Crippen LogP contribution is -2.34. The summed E-state index contributed by atoms with van der Waals surface area (Å²) in [7, 11) is 3.89. The van der Waals surface area contributed by atoms with Crippen LogP contribution < -0.4 is 10.9 Å². The Morgan fingerprint density at radius 2 is 2.07 bits per heavy atom. The Morgan fingerprint density at radius 3 is 2.83 bits per heavy atom. The first-order chi connectivity index (χ1) is 14.5. The van der Waals surface area contributed by atoms with E-state index in [-0.39, 0.29) is 17.5 Å². The molecular formula is C23H28N4O3. The summed E-state index contributed by atoms with van der Waals surface area (Å²) < 4.78 is 7.31. The van der Waals surface area contributed by atoms with Gasteiger partial charge in [0, 0.05) is 25.1 Å². The number of carbonyl (C=O) groups is 1. The van der Waals surface area contributed by atoms with Crippen molar-refractivity contribution in [3.63, 3.8) is 0 Å². The Balaban J connectivity index is 1.57. The second-order valence-corrected chi connectivity index (χ2v) is 8.09. The largest absolute Gasteiger partial charge is 0.468 e. The Bertz CT molecular complexity index is 1090. The van der Waals surface area contributed by atoms with E-state index in [2.05, 4.69) is 5.32 Å². The number of benzene rings is 1. The molecule has 0 aliphatic carbocycles. The molecular weight excluding hydrogens is 380 g/mol. The molecule has 0 spiro atoms. The van der Waals surface area contributed by atoms with Crippen molar-refractivity contribution >= 4 is 16.8 Å². The van der Waals surface area contributed by atoms with E-state index in [4.69, 9.17) is 9.40 Å². The highest BCUT2D eigenvalue weighted by atomic mass is 16.3. The number of rotatable bonds is 5. The van der Waals surface area contributed by atoms with Crippen LogP contribution in [0.5, 0.6) is 0 Å². The molecule has 0 radical (unpaired) electrons. The third kappa shape index (κ3) is 4.16. The lowest BCUT2D eigenvalue weighted by Gasteiger charge is -2.22. The molecule has 3 aromatic rings. The van der Waals surface area contributed by atoms with Crippen LogP contribution in [0.15, 0.2) is 45.8 Å². The maximum absolute atomic E-state index is 12.9. The Kier molecular flexibility index (Phi) is 5.99. The zero-order valence-electron chi connectivity index (χ0n) is 17.6. The second-order valence-electron chi connectivity index (χ2n) is 8.09. The molecule has 3 heterocycles. The molecule has 1 unspecified atom stereocenters. The van der Waals surface area contributed by atoms with Gasteiger partial charge in [0.25, 0.3) is 11.5 Å². The van der Waals surface area contributed by atoms with E-state index in [9.17, 15) is 9.59 Å². The van der Waals surface area contributed by atoms with Crippen molar-refractivity contribution in [2.45, 2.75) is 44.7 Å². The van der Waals surface area contributed by atoms with E-state index >= 15 is 0 Å². The number of nitrogens with zero attached hydrogens (tertiary/aromatic N) is 3. The van der Waals surface area contributed by atoms with Crippen LogP contribution in [0.3, 0.4) is 0 Å². The standard InChI is InChI=1S/C23H28N4O3/c1-26(2)19(20-8-7-13-30-20)15-24-22(28)16-10-11-17-18(14-16)25-21-9-5-3-4-6-12-27(21)23(17)29/h7-8,10-11,13-14,19H,3-6,9,12,15H2,1-2H3,(H,24,28). The summed E-state index contributed by atoms with van der Waals surface area (Å²) in [5, 5.41) is 3.54. The average molecular weight is 409 g/mol. The van der Waals surface area contributed by atoms with Gasteiger partial charge in [0.15, 0.2) is 0 Å². The Labute approximate surface area is 175 Å². The van der Waals surface area contributed by atoms with Crippen molar-refractivity contribution in [2.24, 2.45) is 0 Å². The molecule has 4 rings (SSSR count). The monoisotopic (exact) mass is 408 g/mol. The lowest BCUT2D eigenvalue weighted by atomic mass is 10.1. The molecule has 30 heavy (non-hydrogen) atoms. The van der Waals surface area contributed by atoms with Gasteiger partial charge < -0.3 is 9.73 Å². The average Bonchev–Trinajstić information content (AvgIpc) is 3.23. The number of furan rings is 1. The molecule has 1 atom stereocenters. The number of aromatic nitrogens is 2. The predicted molar refractivity (Wildman–Crippen MR) is 116 cm³/mol. The van der Waals surface area contributed by atoms with Crippen LogP contribution in [-0.2, 0) is 13.0 Å². The van der Waals surface area contributed by atoms with E-state index in [0.29, 0.717) is 23.0 Å². The van der Waals surface area contributed by atoms with Crippen molar-refractivity contribution in [2.75, 3.05) is 20.6 Å². The Hall–Kier alpha value is -2.93. The van der Waals surface area contributed by atoms with Crippen LogP contribution in [0, 0.1) is 0 Å². The van der Waals surface area contributed by atoms with Gasteiger partial charge in [0.1, 0.15) is 11.6 Å². The van der Waals surface area contributed by atoms with E-state index in [1.54, 1.807) is 24.5 Å². The summed E-state index contributed by atoms with van der Waals surface area (Å²) in [5.74, 6) is 1.44. The fraction of sp³-hybridized carbons (Fsp3) is 0.435. The number of fused-ring (bicyclic) bond motifs is 2. The summed E-state index contributed by atoms with van der Waals surface area (Å²) in [4.78, 5) is 32.5. The number of likely N-dealkylation sites (N-methyl/N-ethyl adjacent to an activating group) is 1. The SMILES string of the molecule is CN(C)C(CNC(=O)c1ccc2c(=O)n3c(nc2c1)CCCCCC3)c1ccco1. The van der Waals surface area contributed by atoms with Crippen LogP contribution in [0.1, 0.15) is 53.7 Å². The van der Waals surface area contributed by atoms with E-state index < -0.39 is 0 Å². The van der Waals surface area contributed by atoms with Crippen LogP contribution >= 0.6 is 0 Å². The minimum absolute atomic E-state index is 0.00523. The smallest absolute Gasteiger partial charge is 0.261 e. The first-order valence-electron chi connectivity index (χ1n) is 10.6. The number of nitrogens with one attached hydrogen (secondary N) is 1. The molecule has 0 fully saturated rings. The fourth-order valence-electron chi connectivity index (χ4n) is 4.05. The molecule has 2 aromatic heterocycles. The third-order valence-electron chi connectivity index (χ3n) is 5.78. The predicted octanol–water partition coefficient (Wildman–Crippen LogP) is 3.14. The highest BCUT2D eigenvalue weighted by Crippen LogP contribution is 2.19. The van der Waals surface area contributed by atoms with E-state index in [0.717, 1.165) is 43.8 Å². The van der Waals surface area contributed by atoms with Gasteiger partial charge in [-0.25, -0.2) is 4.98 Å². The van der Waals surface area contributed by atoms with Crippen molar-refractivity contribution in [3.8, 4) is 0 Å². The van der Waals surface area contributed by atoms with Gasteiger partial charge in [0.2, 0.25) is 0 Å². The van der Waals surface area contributed by atoms with E-state index in [1.807, 2.05) is 35.7 Å². The lowest BCUT2D eigenvalue weighted by molar-refractivity contribution is 0.0939. The van der Waals surface area contributed by atoms with Gasteiger partial charge in [-0.3, -0.25) is 19.1 Å². The molecule has 158 valence electrons. The molecule has 1 amide bonds. The summed E-state index contributed by atoms with van der Waals surface area (Å²) >= 11 is 0. The maximum atomic E-state index is 12.9. The van der Waals surface area contributed by atoms with Gasteiger partial charge in [-0.2, -0.15) is 0 Å². The van der Waals surface area contributed by atoms with Gasteiger partial charge >= 0.3 is 0 Å². The number of amides is 1. The highest BCUT2D eigenvalue weighted by molar-refractivity contribution is 5.97. The highest BCUT2D eigenvalue weighted by Gasteiger charge is 2.19. The molecule has 7 nitrogen and oxygen atoms in total. The molecule has 7 heteroatoms. The fourth-order valence-corrected chi connectivity index (χ4v) is 4.05. The van der Waals surface area contributed by atoms with Crippen molar-refractivity contribution in [1.29, 1.82) is 0 Å². The molecule has 1 N–H and O–H groups in total. The van der Waals surface area contributed by atoms with Crippen molar-refractivity contribution < 1.29 is 9.21 Å². The normalized spacial score (nSPS) is 15.4. The number of hydrogen-bond donors (Lipinski definition) is 1. The Morgan fingerprint density at radius 1 is 1.23 bits per heavy atom. The van der Waals surface area contributed by atoms with Gasteiger partial charge in [-0.15, -0.1) is 0 Å². The molecule has 1 aliphatic heterocycles. The first kappa shape index (κ1) is 20.3. The van der Waals surface area contributed by atoms with Gasteiger partial charge in [-0.1, -0.05) is 12.8 Å². The second kappa shape index (κ2) is 8.83. The van der Waals surface area contributed by atoms with Gasteiger partial charge in [0.05, 0.1) is 23.2 Å². The topological polar surface area (TPSA) is 80.4 Å². The third-order valence-corrected chi connectivity index (χ3v) is 5.78. The van der Waals surface area contributed by atoms with Crippen LogP contribution in [-0.4, -0.2) is 41.0 Å². The van der Waals surface area contributed by atoms with Crippen LogP contribution in [0.2, 0.25) is 0 Å².